The van der Waals surface area contributed by atoms with Crippen LogP contribution >= 0.6 is 22.7 Å². The van der Waals surface area contributed by atoms with Gasteiger partial charge in [0.05, 0.1) is 34.9 Å². The zero-order valence-corrected chi connectivity index (χ0v) is 43.3. The number of hydrogen-bond donors (Lipinski definition) is 2. The zero-order valence-electron chi connectivity index (χ0n) is 41.7. The molecule has 2 unspecified atom stereocenters. The summed E-state index contributed by atoms with van der Waals surface area (Å²) in [6, 6.07) is 49.0. The van der Waals surface area contributed by atoms with Gasteiger partial charge in [-0.25, -0.2) is 0 Å². The van der Waals surface area contributed by atoms with E-state index < -0.39 is 0 Å². The lowest BCUT2D eigenvalue weighted by atomic mass is 9.90. The van der Waals surface area contributed by atoms with Crippen LogP contribution in [-0.4, -0.2) is 29.7 Å². The lowest BCUT2D eigenvalue weighted by Gasteiger charge is -2.35. The van der Waals surface area contributed by atoms with Crippen molar-refractivity contribution in [3.63, 3.8) is 0 Å². The van der Waals surface area contributed by atoms with Gasteiger partial charge in [-0.3, -0.25) is 29.7 Å². The van der Waals surface area contributed by atoms with Crippen LogP contribution in [0.1, 0.15) is 134 Å². The van der Waals surface area contributed by atoms with Crippen LogP contribution in [0.25, 0.3) is 0 Å². The highest BCUT2D eigenvalue weighted by molar-refractivity contribution is 7.12. The molecule has 0 spiro atoms. The highest BCUT2D eigenvalue weighted by Gasteiger charge is 2.29. The van der Waals surface area contributed by atoms with Gasteiger partial charge in [0.2, 0.25) is 0 Å². The Morgan fingerprint density at radius 1 is 0.423 bits per heavy atom. The number of hydrogen-bond acceptors (Lipinski definition) is 10. The molecule has 71 heavy (non-hydrogen) atoms. The number of aromatic nitrogens is 4. The number of thiophene rings is 2. The topological polar surface area (TPSA) is 82.1 Å². The van der Waals surface area contributed by atoms with Crippen LogP contribution in [0.15, 0.2) is 158 Å². The fourth-order valence-corrected chi connectivity index (χ4v) is 12.0. The first-order chi connectivity index (χ1) is 35.1. The maximum Gasteiger partial charge on any atom is 0.0607 e. The highest BCUT2D eigenvalue weighted by atomic mass is 32.1. The normalized spacial score (nSPS) is 15.4. The first-order valence-corrected chi connectivity index (χ1v) is 27.6. The van der Waals surface area contributed by atoms with Crippen molar-refractivity contribution in [2.75, 3.05) is 0 Å². The second kappa shape index (κ2) is 26.1. The van der Waals surface area contributed by atoms with Gasteiger partial charge in [-0.05, 0) is 145 Å². The van der Waals surface area contributed by atoms with Crippen molar-refractivity contribution in [3.8, 4) is 0 Å². The number of fused-ring (bicyclic) bond motifs is 2. The zero-order chi connectivity index (χ0) is 48.5. The number of aryl methyl sites for hydroxylation is 4. The Labute approximate surface area is 430 Å². The molecule has 10 rings (SSSR count). The fourth-order valence-electron chi connectivity index (χ4n) is 10.1. The Kier molecular flexibility index (Phi) is 18.5. The Morgan fingerprint density at radius 2 is 0.859 bits per heavy atom. The maximum absolute atomic E-state index is 4.91. The molecule has 0 bridgehead atoms. The van der Waals surface area contributed by atoms with Crippen LogP contribution in [0.5, 0.6) is 0 Å². The summed E-state index contributed by atoms with van der Waals surface area (Å²) in [5, 5.41) is 7.01. The molecule has 366 valence electrons. The Bertz CT molecular complexity index is 2810. The van der Waals surface area contributed by atoms with Gasteiger partial charge in [-0.1, -0.05) is 93.1 Å². The lowest BCUT2D eigenvalue weighted by molar-refractivity contribution is 0.158. The fraction of sp³-hybridized carbons (Fsp3) is 0.344. The van der Waals surface area contributed by atoms with E-state index >= 15 is 0 Å². The molecule has 0 amide bonds. The third kappa shape index (κ3) is 14.5. The molecule has 2 N–H and O–H groups in total. The number of nitrogens with zero attached hydrogens (tertiary/aromatic N) is 6. The van der Waals surface area contributed by atoms with Crippen molar-refractivity contribution in [1.29, 1.82) is 0 Å². The number of nitrogens with one attached hydrogen (secondary N) is 2. The molecule has 10 heteroatoms. The number of benzene rings is 2. The third-order valence-corrected chi connectivity index (χ3v) is 16.3. The van der Waals surface area contributed by atoms with E-state index in [0.29, 0.717) is 12.1 Å². The van der Waals surface area contributed by atoms with Gasteiger partial charge < -0.3 is 10.6 Å². The van der Waals surface area contributed by atoms with Gasteiger partial charge >= 0.3 is 0 Å². The molecule has 8 aromatic rings. The minimum atomic E-state index is 0.357. The average Bonchev–Trinajstić information content (AvgIpc) is 4.03. The second-order valence-corrected chi connectivity index (χ2v) is 21.5. The van der Waals surface area contributed by atoms with E-state index in [1.807, 2.05) is 71.7 Å². The van der Waals surface area contributed by atoms with Crippen molar-refractivity contribution < 1.29 is 0 Å². The number of pyridine rings is 4. The van der Waals surface area contributed by atoms with Crippen LogP contribution < -0.4 is 10.6 Å². The minimum Gasteiger partial charge on any atom is -0.307 e. The molecule has 6 heterocycles. The molecule has 0 fully saturated rings. The van der Waals surface area contributed by atoms with Crippen molar-refractivity contribution in [2.45, 2.75) is 136 Å². The first-order valence-electron chi connectivity index (χ1n) is 25.9. The van der Waals surface area contributed by atoms with Gasteiger partial charge in [0, 0.05) is 96.7 Å². The Balaban J connectivity index is 0.000000176. The summed E-state index contributed by atoms with van der Waals surface area (Å²) in [6.45, 7) is 11.5. The predicted molar refractivity (Wildman–Crippen MR) is 293 cm³/mol. The van der Waals surface area contributed by atoms with Crippen molar-refractivity contribution >= 4 is 22.7 Å². The summed E-state index contributed by atoms with van der Waals surface area (Å²) in [6.07, 6.45) is 18.2. The lowest BCUT2D eigenvalue weighted by Crippen LogP contribution is -2.31. The third-order valence-electron chi connectivity index (χ3n) is 13.9. The molecular weight excluding hydrogens is 909 g/mol. The van der Waals surface area contributed by atoms with Gasteiger partial charge in [0.25, 0.3) is 0 Å². The Hall–Kier alpha value is -5.72. The standard InChI is InChI=1S/C31H36N4S.C30H34N4S/c1-2-28-16-17-29(36-28)23-35(30-11-4-3-8-26-9-7-19-34-31(26)30)22-25-14-12-24(13-15-25)20-32-21-27-10-5-6-18-33-27;1-2-27-15-16-28(35-27)22-34(29-10-5-7-25-8-6-18-33-30(25)29)21-24-13-11-23(12-14-24)19-31-20-26-9-3-4-17-32-26/h5-7,9-10,12-19,30,32H,2-4,8,11,20-23H2,1H3;3-4,6,8-9,11-18,29,31H,2,5,7,10,19-22H2,1H3. The number of rotatable bonds is 20. The quantitative estimate of drug-likeness (QED) is 0.0731. The molecule has 0 saturated heterocycles. The molecule has 8 nitrogen and oxygen atoms in total. The second-order valence-electron chi connectivity index (χ2n) is 19.0. The summed E-state index contributed by atoms with van der Waals surface area (Å²) in [5.74, 6) is 0. The SMILES string of the molecule is CCc1ccc(CN(Cc2ccc(CNCc3ccccn3)cc2)C2CCCCc3cccnc32)s1.CCc1ccc(CN(Cc2ccc(CNCc3ccccn3)cc2)C2CCCc3cccnc32)s1. The van der Waals surface area contributed by atoms with Crippen LogP contribution in [0.2, 0.25) is 0 Å². The molecule has 2 aliphatic carbocycles. The van der Waals surface area contributed by atoms with Crippen LogP contribution in [0, 0.1) is 0 Å². The summed E-state index contributed by atoms with van der Waals surface area (Å²) in [7, 11) is 0. The predicted octanol–water partition coefficient (Wildman–Crippen LogP) is 13.3. The van der Waals surface area contributed by atoms with E-state index in [4.69, 9.17) is 9.97 Å². The molecular formula is C61H70N8S2. The van der Waals surface area contributed by atoms with Gasteiger partial charge in [0.15, 0.2) is 0 Å². The molecule has 0 radical (unpaired) electrons. The van der Waals surface area contributed by atoms with Crippen molar-refractivity contribution in [1.82, 2.24) is 40.4 Å². The van der Waals surface area contributed by atoms with Gasteiger partial charge in [0.1, 0.15) is 0 Å². The smallest absolute Gasteiger partial charge is 0.0607 e. The van der Waals surface area contributed by atoms with E-state index in [1.54, 1.807) is 0 Å². The summed E-state index contributed by atoms with van der Waals surface area (Å²) >= 11 is 3.91. The van der Waals surface area contributed by atoms with Crippen LogP contribution in [0.3, 0.4) is 0 Å². The largest absolute Gasteiger partial charge is 0.307 e. The van der Waals surface area contributed by atoms with E-state index in [2.05, 4.69) is 153 Å². The average molecular weight is 979 g/mol. The summed E-state index contributed by atoms with van der Waals surface area (Å²) in [4.78, 5) is 29.7. The minimum absolute atomic E-state index is 0.357. The molecule has 0 aliphatic heterocycles. The van der Waals surface area contributed by atoms with E-state index in [-0.39, 0.29) is 0 Å². The monoisotopic (exact) mass is 979 g/mol. The highest BCUT2D eigenvalue weighted by Crippen LogP contribution is 2.37. The molecule has 2 atom stereocenters. The summed E-state index contributed by atoms with van der Waals surface area (Å²) in [5.41, 5.74) is 12.9. The van der Waals surface area contributed by atoms with E-state index in [1.165, 1.54) is 96.4 Å². The van der Waals surface area contributed by atoms with Crippen molar-refractivity contribution in [2.24, 2.45) is 0 Å². The van der Waals surface area contributed by atoms with Gasteiger partial charge in [-0.2, -0.15) is 0 Å². The van der Waals surface area contributed by atoms with E-state index in [0.717, 1.165) is 89.4 Å². The van der Waals surface area contributed by atoms with Crippen LogP contribution in [-0.2, 0) is 78.0 Å². The van der Waals surface area contributed by atoms with Crippen molar-refractivity contribution in [3.05, 3.63) is 234 Å². The molecule has 2 aromatic carbocycles. The first kappa shape index (κ1) is 50.2. The molecule has 2 aliphatic rings. The van der Waals surface area contributed by atoms with E-state index in [9.17, 15) is 0 Å². The summed E-state index contributed by atoms with van der Waals surface area (Å²) < 4.78 is 0. The van der Waals surface area contributed by atoms with Gasteiger partial charge in [-0.15, -0.1) is 22.7 Å². The Morgan fingerprint density at radius 3 is 1.31 bits per heavy atom. The molecule has 0 saturated carbocycles. The maximum atomic E-state index is 4.91. The molecule has 6 aromatic heterocycles. The van der Waals surface area contributed by atoms with Crippen LogP contribution in [0.4, 0.5) is 0 Å².